The lowest BCUT2D eigenvalue weighted by Crippen LogP contribution is -2.16. The fourth-order valence-electron chi connectivity index (χ4n) is 4.98. The zero-order valence-electron chi connectivity index (χ0n) is 26.8. The summed E-state index contributed by atoms with van der Waals surface area (Å²) in [6.07, 6.45) is 12.1. The van der Waals surface area contributed by atoms with Crippen LogP contribution < -0.4 is 0 Å². The van der Waals surface area contributed by atoms with E-state index in [4.69, 9.17) is 18.3 Å². The van der Waals surface area contributed by atoms with Crippen LogP contribution in [-0.4, -0.2) is 47.2 Å². The van der Waals surface area contributed by atoms with Crippen molar-refractivity contribution >= 4 is 13.8 Å². The second-order valence-corrected chi connectivity index (χ2v) is 13.5. The van der Waals surface area contributed by atoms with Gasteiger partial charge in [-0.3, -0.25) is 13.8 Å². The van der Waals surface area contributed by atoms with Crippen molar-refractivity contribution in [2.45, 2.75) is 156 Å². The summed E-state index contributed by atoms with van der Waals surface area (Å²) >= 11 is 0. The van der Waals surface area contributed by atoms with E-state index in [0.717, 1.165) is 63.4 Å². The van der Waals surface area contributed by atoms with Crippen molar-refractivity contribution < 1.29 is 37.9 Å². The summed E-state index contributed by atoms with van der Waals surface area (Å²) in [5.41, 5.74) is 0.860. The molecule has 4 atom stereocenters. The van der Waals surface area contributed by atoms with E-state index in [2.05, 4.69) is 20.8 Å². The van der Waals surface area contributed by atoms with Gasteiger partial charge in [-0.05, 0) is 71.3 Å². The largest absolute Gasteiger partial charge is 0.530 e. The van der Waals surface area contributed by atoms with Crippen LogP contribution in [-0.2, 0) is 27.7 Å². The van der Waals surface area contributed by atoms with E-state index in [1.54, 1.807) is 33.8 Å². The number of rotatable bonds is 23. The van der Waals surface area contributed by atoms with Crippen LogP contribution in [0.2, 0.25) is 0 Å². The van der Waals surface area contributed by atoms with Crippen LogP contribution in [0.25, 0.3) is 0 Å². The first kappa shape index (κ1) is 37.8. The van der Waals surface area contributed by atoms with E-state index in [1.807, 2.05) is 6.08 Å². The molecular formula is C32H59O8P. The van der Waals surface area contributed by atoms with Gasteiger partial charge in [0.2, 0.25) is 0 Å². The number of ether oxygens (including phenoxy) is 1. The van der Waals surface area contributed by atoms with Crippen molar-refractivity contribution in [2.24, 2.45) is 11.8 Å². The van der Waals surface area contributed by atoms with Crippen LogP contribution in [0.4, 0.5) is 0 Å². The Morgan fingerprint density at radius 2 is 1.61 bits per heavy atom. The molecule has 0 amide bonds. The van der Waals surface area contributed by atoms with E-state index in [1.165, 1.54) is 0 Å². The van der Waals surface area contributed by atoms with E-state index in [-0.39, 0.29) is 30.5 Å². The highest BCUT2D eigenvalue weighted by Gasteiger charge is 2.39. The molecule has 2 N–H and O–H groups in total. The fourth-order valence-corrected chi connectivity index (χ4v) is 6.61. The number of hydrogen-bond acceptors (Lipinski definition) is 8. The number of esters is 1. The quantitative estimate of drug-likeness (QED) is 0.0519. The Labute approximate surface area is 249 Å². The van der Waals surface area contributed by atoms with E-state index >= 15 is 0 Å². The Balaban J connectivity index is 2.96. The second-order valence-electron chi connectivity index (χ2n) is 12.0. The molecule has 9 heteroatoms. The van der Waals surface area contributed by atoms with Gasteiger partial charge >= 0.3 is 13.8 Å². The first-order chi connectivity index (χ1) is 19.4. The monoisotopic (exact) mass is 602 g/mol. The molecule has 0 aromatic carbocycles. The van der Waals surface area contributed by atoms with Crippen LogP contribution in [0.15, 0.2) is 23.5 Å². The summed E-state index contributed by atoms with van der Waals surface area (Å²) < 4.78 is 35.9. The minimum absolute atomic E-state index is 0.144. The van der Waals surface area contributed by atoms with Gasteiger partial charge in [0.1, 0.15) is 5.76 Å². The molecule has 0 saturated heterocycles. The minimum Gasteiger partial charge on any atom is -0.466 e. The molecule has 240 valence electrons. The lowest BCUT2D eigenvalue weighted by molar-refractivity contribution is -0.143. The molecule has 1 aliphatic rings. The molecule has 1 rings (SSSR count). The maximum Gasteiger partial charge on any atom is 0.530 e. The molecule has 0 aliphatic heterocycles. The van der Waals surface area contributed by atoms with Gasteiger partial charge in [0.15, 0.2) is 0 Å². The zero-order chi connectivity index (χ0) is 30.8. The van der Waals surface area contributed by atoms with Gasteiger partial charge in [0, 0.05) is 18.8 Å². The van der Waals surface area contributed by atoms with Crippen LogP contribution in [0.3, 0.4) is 0 Å². The third kappa shape index (κ3) is 16.3. The van der Waals surface area contributed by atoms with Crippen LogP contribution in [0.5, 0.6) is 0 Å². The van der Waals surface area contributed by atoms with Crippen LogP contribution in [0.1, 0.15) is 132 Å². The number of aliphatic hydroxyl groups is 2. The Bertz CT molecular complexity index is 824. The minimum atomic E-state index is -3.91. The van der Waals surface area contributed by atoms with Crippen molar-refractivity contribution in [2.75, 3.05) is 6.61 Å². The van der Waals surface area contributed by atoms with Gasteiger partial charge in [0.25, 0.3) is 0 Å². The topological polar surface area (TPSA) is 112 Å². The zero-order valence-corrected chi connectivity index (χ0v) is 27.7. The van der Waals surface area contributed by atoms with E-state index in [9.17, 15) is 19.6 Å². The smallest absolute Gasteiger partial charge is 0.466 e. The number of carbonyl (C=O) groups excluding carboxylic acids is 1. The maximum atomic E-state index is 13.5. The third-order valence-corrected chi connectivity index (χ3v) is 8.85. The molecule has 0 aromatic rings. The van der Waals surface area contributed by atoms with Gasteiger partial charge in [0.05, 0.1) is 31.0 Å². The van der Waals surface area contributed by atoms with Gasteiger partial charge in [-0.1, -0.05) is 71.4 Å². The van der Waals surface area contributed by atoms with Gasteiger partial charge in [-0.2, -0.15) is 0 Å². The highest BCUT2D eigenvalue weighted by molar-refractivity contribution is 7.48. The summed E-state index contributed by atoms with van der Waals surface area (Å²) in [5, 5.41) is 21.7. The number of phosphoric acid groups is 1. The van der Waals surface area contributed by atoms with E-state index in [0.29, 0.717) is 37.5 Å². The molecule has 0 heterocycles. The molecule has 0 radical (unpaired) electrons. The van der Waals surface area contributed by atoms with Crippen molar-refractivity contribution in [3.8, 4) is 0 Å². The molecule has 41 heavy (non-hydrogen) atoms. The SMILES string of the molecule is CCCCOC(=O)CCCCCCC1=C(OP(=O)(OC(C)C)OC(C)C)C[C@@H](O)[C@@H]1/C=C/[C@@H](O)C[C@@H](C)CCCC. The summed E-state index contributed by atoms with van der Waals surface area (Å²) in [4.78, 5) is 11.9. The average Bonchev–Trinajstić information content (AvgIpc) is 3.15. The first-order valence-electron chi connectivity index (χ1n) is 16.0. The molecule has 0 spiro atoms. The van der Waals surface area contributed by atoms with Crippen molar-refractivity contribution in [3.63, 3.8) is 0 Å². The predicted molar refractivity (Wildman–Crippen MR) is 164 cm³/mol. The lowest BCUT2D eigenvalue weighted by Gasteiger charge is -2.23. The summed E-state index contributed by atoms with van der Waals surface area (Å²) in [7, 11) is -3.91. The molecule has 0 unspecified atom stereocenters. The van der Waals surface area contributed by atoms with Crippen molar-refractivity contribution in [3.05, 3.63) is 23.5 Å². The molecule has 8 nitrogen and oxygen atoms in total. The number of carbonyl (C=O) groups is 1. The average molecular weight is 603 g/mol. The second kappa shape index (κ2) is 20.7. The fraction of sp³-hybridized carbons (Fsp3) is 0.844. The normalized spacial score (nSPS) is 19.5. The Morgan fingerprint density at radius 1 is 0.976 bits per heavy atom. The molecule has 0 aromatic heterocycles. The Morgan fingerprint density at radius 3 is 2.22 bits per heavy atom. The standard InChI is InChI=1S/C32H59O8P/c1-8-10-16-26(7)22-27(33)19-20-28-29(17-14-12-13-15-18-32(35)37-21-11-9-2)31(23-30(28)34)40-41(36,38-24(3)4)39-25(5)6/h19-20,24-28,30,33-34H,8-18,21-23H2,1-7H3/b20-19+/t26-,27+,28+,30+/m0/s1. The van der Waals surface area contributed by atoms with Gasteiger partial charge in [-0.15, -0.1) is 0 Å². The number of aliphatic hydroxyl groups excluding tert-OH is 2. The predicted octanol–water partition coefficient (Wildman–Crippen LogP) is 8.41. The molecule has 0 fully saturated rings. The summed E-state index contributed by atoms with van der Waals surface area (Å²) in [5.74, 6) is 0.357. The summed E-state index contributed by atoms with van der Waals surface area (Å²) in [6, 6.07) is 0. The summed E-state index contributed by atoms with van der Waals surface area (Å²) in [6.45, 7) is 13.9. The molecule has 0 bridgehead atoms. The lowest BCUT2D eigenvalue weighted by atomic mass is 9.92. The number of phosphoric ester groups is 1. The third-order valence-electron chi connectivity index (χ3n) is 7.04. The number of hydrogen-bond donors (Lipinski definition) is 2. The Hall–Kier alpha value is -1.18. The maximum absolute atomic E-state index is 13.5. The molecular weight excluding hydrogens is 543 g/mol. The van der Waals surface area contributed by atoms with Crippen molar-refractivity contribution in [1.82, 2.24) is 0 Å². The molecule has 0 saturated carbocycles. The van der Waals surface area contributed by atoms with Crippen LogP contribution in [0, 0.1) is 11.8 Å². The first-order valence-corrected chi connectivity index (χ1v) is 17.4. The highest BCUT2D eigenvalue weighted by atomic mass is 31.2. The van der Waals surface area contributed by atoms with Gasteiger partial charge in [-0.25, -0.2) is 4.57 Å². The van der Waals surface area contributed by atoms with Gasteiger partial charge < -0.3 is 19.5 Å². The Kier molecular flexibility index (Phi) is 19.1. The number of unbranched alkanes of at least 4 members (excludes halogenated alkanes) is 5. The van der Waals surface area contributed by atoms with E-state index < -0.39 is 20.0 Å². The molecule has 1 aliphatic carbocycles. The van der Waals surface area contributed by atoms with Crippen LogP contribution >= 0.6 is 7.82 Å². The van der Waals surface area contributed by atoms with Crippen molar-refractivity contribution in [1.29, 1.82) is 0 Å². The highest BCUT2D eigenvalue weighted by Crippen LogP contribution is 2.56.